The van der Waals surface area contributed by atoms with Crippen LogP contribution in [0.15, 0.2) is 24.3 Å². The van der Waals surface area contributed by atoms with Gasteiger partial charge in [-0.1, -0.05) is 12.1 Å². The average Bonchev–Trinajstić information content (AvgIpc) is 2.89. The number of amides is 1. The van der Waals surface area contributed by atoms with E-state index in [4.69, 9.17) is 5.73 Å². The third-order valence-electron chi connectivity index (χ3n) is 3.33. The number of hydrogen-bond donors (Lipinski definition) is 1. The van der Waals surface area contributed by atoms with Crippen molar-refractivity contribution in [1.29, 1.82) is 0 Å². The van der Waals surface area contributed by atoms with Crippen LogP contribution in [0.25, 0.3) is 0 Å². The van der Waals surface area contributed by atoms with Gasteiger partial charge in [-0.2, -0.15) is 0 Å². The second-order valence-electron chi connectivity index (χ2n) is 4.57. The molecule has 3 nitrogen and oxygen atoms in total. The van der Waals surface area contributed by atoms with E-state index >= 15 is 0 Å². The Morgan fingerprint density at radius 2 is 2.33 bits per heavy atom. The molecule has 0 bridgehead atoms. The fourth-order valence-corrected chi connectivity index (χ4v) is 2.41. The maximum absolute atomic E-state index is 11.7. The zero-order valence-electron chi connectivity index (χ0n) is 8.52. The van der Waals surface area contributed by atoms with Crippen LogP contribution in [0.1, 0.15) is 12.0 Å². The van der Waals surface area contributed by atoms with Crippen LogP contribution >= 0.6 is 0 Å². The van der Waals surface area contributed by atoms with Crippen LogP contribution in [-0.2, 0) is 11.3 Å². The lowest BCUT2D eigenvalue weighted by Gasteiger charge is -2.18. The van der Waals surface area contributed by atoms with Gasteiger partial charge in [0.25, 0.3) is 0 Å². The molecule has 1 aromatic carbocycles. The van der Waals surface area contributed by atoms with E-state index in [0.29, 0.717) is 17.7 Å². The van der Waals surface area contributed by atoms with Gasteiger partial charge in [-0.25, -0.2) is 0 Å². The molecular weight excluding hydrogens is 188 g/mol. The molecule has 1 aliphatic heterocycles. The number of likely N-dealkylation sites (tertiary alicyclic amines) is 1. The minimum atomic E-state index is 0.336. The molecular formula is C12H14N2O. The average molecular weight is 202 g/mol. The van der Waals surface area contributed by atoms with Crippen molar-refractivity contribution >= 4 is 11.6 Å². The molecule has 3 heteroatoms. The van der Waals surface area contributed by atoms with Gasteiger partial charge < -0.3 is 10.6 Å². The molecule has 1 saturated carbocycles. The number of nitrogen functional groups attached to an aromatic ring is 1. The Kier molecular flexibility index (Phi) is 1.75. The Morgan fingerprint density at radius 3 is 3.00 bits per heavy atom. The van der Waals surface area contributed by atoms with Crippen LogP contribution in [0.3, 0.4) is 0 Å². The minimum Gasteiger partial charge on any atom is -0.399 e. The zero-order chi connectivity index (χ0) is 10.4. The Balaban J connectivity index is 1.73. The SMILES string of the molecule is Nc1cccc(CN2CC3CC3C2=O)c1. The third-order valence-corrected chi connectivity index (χ3v) is 3.33. The molecule has 3 rings (SSSR count). The van der Waals surface area contributed by atoms with Crippen molar-refractivity contribution in [2.45, 2.75) is 13.0 Å². The standard InChI is InChI=1S/C12H14N2O/c13-10-3-1-2-8(4-10)6-14-7-9-5-11(9)12(14)15/h1-4,9,11H,5-7,13H2. The van der Waals surface area contributed by atoms with Crippen molar-refractivity contribution in [2.24, 2.45) is 11.8 Å². The van der Waals surface area contributed by atoms with Gasteiger partial charge in [0.05, 0.1) is 0 Å². The number of carbonyl (C=O) groups is 1. The summed E-state index contributed by atoms with van der Waals surface area (Å²) in [6, 6.07) is 7.77. The molecule has 1 amide bonds. The highest BCUT2D eigenvalue weighted by atomic mass is 16.2. The highest BCUT2D eigenvalue weighted by molar-refractivity contribution is 5.84. The second-order valence-corrected chi connectivity index (χ2v) is 4.57. The number of nitrogens with two attached hydrogens (primary N) is 1. The van der Waals surface area contributed by atoms with Gasteiger partial charge in [-0.15, -0.1) is 0 Å². The first-order chi connectivity index (χ1) is 7.24. The molecule has 0 aromatic heterocycles. The fourth-order valence-electron chi connectivity index (χ4n) is 2.41. The normalized spacial score (nSPS) is 28.0. The summed E-state index contributed by atoms with van der Waals surface area (Å²) in [6.07, 6.45) is 1.12. The van der Waals surface area contributed by atoms with Gasteiger partial charge >= 0.3 is 0 Å². The van der Waals surface area contributed by atoms with Crippen molar-refractivity contribution in [2.75, 3.05) is 12.3 Å². The van der Waals surface area contributed by atoms with Crippen LogP contribution in [0.4, 0.5) is 5.69 Å². The Hall–Kier alpha value is -1.51. The highest BCUT2D eigenvalue weighted by Gasteiger charge is 2.51. The Morgan fingerprint density at radius 1 is 1.47 bits per heavy atom. The molecule has 2 aliphatic rings. The maximum atomic E-state index is 11.7. The van der Waals surface area contributed by atoms with Gasteiger partial charge in [0.1, 0.15) is 0 Å². The first-order valence-corrected chi connectivity index (χ1v) is 5.37. The molecule has 2 atom stereocenters. The molecule has 2 unspecified atom stereocenters. The number of benzene rings is 1. The predicted octanol–water partition coefficient (Wildman–Crippen LogP) is 1.25. The number of rotatable bonds is 2. The molecule has 1 heterocycles. The number of piperidine rings is 1. The largest absolute Gasteiger partial charge is 0.399 e. The lowest BCUT2D eigenvalue weighted by molar-refractivity contribution is -0.130. The summed E-state index contributed by atoms with van der Waals surface area (Å²) in [7, 11) is 0. The van der Waals surface area contributed by atoms with E-state index in [1.165, 1.54) is 0 Å². The number of anilines is 1. The Labute approximate surface area is 88.9 Å². The summed E-state index contributed by atoms with van der Waals surface area (Å²) >= 11 is 0. The smallest absolute Gasteiger partial charge is 0.226 e. The van der Waals surface area contributed by atoms with E-state index in [0.717, 1.165) is 30.8 Å². The number of fused-ring (bicyclic) bond motifs is 1. The van der Waals surface area contributed by atoms with Gasteiger partial charge in [-0.05, 0) is 30.0 Å². The quantitative estimate of drug-likeness (QED) is 0.733. The van der Waals surface area contributed by atoms with Gasteiger partial charge in [0.15, 0.2) is 0 Å². The van der Waals surface area contributed by atoms with E-state index in [9.17, 15) is 4.79 Å². The van der Waals surface area contributed by atoms with Crippen LogP contribution < -0.4 is 5.73 Å². The lowest BCUT2D eigenvalue weighted by Crippen LogP contribution is -2.27. The molecule has 0 radical (unpaired) electrons. The number of hydrogen-bond acceptors (Lipinski definition) is 2. The van der Waals surface area contributed by atoms with Gasteiger partial charge in [0.2, 0.25) is 5.91 Å². The summed E-state index contributed by atoms with van der Waals surface area (Å²) in [6.45, 7) is 1.66. The van der Waals surface area contributed by atoms with Crippen LogP contribution in [0, 0.1) is 11.8 Å². The lowest BCUT2D eigenvalue weighted by atomic mass is 10.2. The summed E-state index contributed by atoms with van der Waals surface area (Å²) in [5.74, 6) is 1.34. The van der Waals surface area contributed by atoms with Crippen molar-refractivity contribution in [1.82, 2.24) is 4.90 Å². The van der Waals surface area contributed by atoms with Crippen LogP contribution in [0.2, 0.25) is 0 Å². The van der Waals surface area contributed by atoms with Crippen LogP contribution in [-0.4, -0.2) is 17.4 Å². The summed E-state index contributed by atoms with van der Waals surface area (Å²) < 4.78 is 0. The summed E-state index contributed by atoms with van der Waals surface area (Å²) in [5, 5.41) is 0. The van der Waals surface area contributed by atoms with E-state index < -0.39 is 0 Å². The zero-order valence-corrected chi connectivity index (χ0v) is 8.52. The van der Waals surface area contributed by atoms with Gasteiger partial charge in [0, 0.05) is 24.7 Å². The molecule has 15 heavy (non-hydrogen) atoms. The second kappa shape index (κ2) is 2.99. The minimum absolute atomic E-state index is 0.336. The molecule has 78 valence electrons. The predicted molar refractivity (Wildman–Crippen MR) is 57.9 cm³/mol. The van der Waals surface area contributed by atoms with E-state index in [2.05, 4.69) is 0 Å². The van der Waals surface area contributed by atoms with Crippen molar-refractivity contribution in [3.05, 3.63) is 29.8 Å². The van der Waals surface area contributed by atoms with Gasteiger partial charge in [-0.3, -0.25) is 4.79 Å². The Bertz CT molecular complexity index is 416. The van der Waals surface area contributed by atoms with Crippen LogP contribution in [0.5, 0.6) is 0 Å². The molecule has 1 aromatic rings. The molecule has 1 aliphatic carbocycles. The third kappa shape index (κ3) is 1.48. The molecule has 0 spiro atoms. The van der Waals surface area contributed by atoms with Crippen molar-refractivity contribution < 1.29 is 4.79 Å². The molecule has 1 saturated heterocycles. The van der Waals surface area contributed by atoms with E-state index in [1.54, 1.807) is 0 Å². The van der Waals surface area contributed by atoms with E-state index in [-0.39, 0.29) is 0 Å². The fraction of sp³-hybridized carbons (Fsp3) is 0.417. The molecule has 2 N–H and O–H groups in total. The first-order valence-electron chi connectivity index (χ1n) is 5.37. The highest BCUT2D eigenvalue weighted by Crippen LogP contribution is 2.46. The molecule has 2 fully saturated rings. The maximum Gasteiger partial charge on any atom is 0.226 e. The summed E-state index contributed by atoms with van der Waals surface area (Å²) in [5.41, 5.74) is 7.60. The van der Waals surface area contributed by atoms with Crippen molar-refractivity contribution in [3.63, 3.8) is 0 Å². The monoisotopic (exact) mass is 202 g/mol. The number of carbonyl (C=O) groups excluding carboxylic acids is 1. The topological polar surface area (TPSA) is 46.3 Å². The van der Waals surface area contributed by atoms with E-state index in [1.807, 2.05) is 29.2 Å². The summed E-state index contributed by atoms with van der Waals surface area (Å²) in [4.78, 5) is 13.7. The van der Waals surface area contributed by atoms with Crippen molar-refractivity contribution in [3.8, 4) is 0 Å². The first kappa shape index (κ1) is 8.77. The number of nitrogens with zero attached hydrogens (tertiary/aromatic N) is 1.